The van der Waals surface area contributed by atoms with E-state index in [0.29, 0.717) is 11.1 Å². The fourth-order valence-corrected chi connectivity index (χ4v) is 3.33. The van der Waals surface area contributed by atoms with Gasteiger partial charge in [-0.1, -0.05) is 6.07 Å². The number of halogens is 1. The molecule has 0 saturated heterocycles. The first kappa shape index (κ1) is 15.9. The minimum absolute atomic E-state index is 0.189. The number of nitro benzene ring substituents is 1. The molecule has 6 nitrogen and oxygen atoms in total. The van der Waals surface area contributed by atoms with E-state index >= 15 is 0 Å². The fraction of sp³-hybridized carbons (Fsp3) is 0.143. The highest BCUT2D eigenvalue weighted by Gasteiger charge is 2.21. The number of anilines is 1. The van der Waals surface area contributed by atoms with Gasteiger partial charge < -0.3 is 0 Å². The van der Waals surface area contributed by atoms with Crippen molar-refractivity contribution in [2.24, 2.45) is 0 Å². The van der Waals surface area contributed by atoms with Crippen molar-refractivity contribution in [1.82, 2.24) is 0 Å². The van der Waals surface area contributed by atoms with Crippen molar-refractivity contribution in [1.29, 1.82) is 0 Å². The number of nitro groups is 1. The molecule has 0 unspecified atom stereocenters. The summed E-state index contributed by atoms with van der Waals surface area (Å²) in [7, 11) is -4.01. The van der Waals surface area contributed by atoms with Crippen LogP contribution in [-0.2, 0) is 10.0 Å². The lowest BCUT2D eigenvalue weighted by atomic mass is 10.2. The first-order chi connectivity index (χ1) is 10.2. The summed E-state index contributed by atoms with van der Waals surface area (Å²) in [5.74, 6) is -0.480. The van der Waals surface area contributed by atoms with Crippen LogP contribution in [0.1, 0.15) is 11.1 Å². The van der Waals surface area contributed by atoms with Gasteiger partial charge in [0.05, 0.1) is 15.5 Å². The standard InChI is InChI=1S/C14H13FN2O4S/c1-9-3-5-12(17(18)19)8-14(9)22(20,21)16-13-6-4-11(15)7-10(13)2/h3-8,16H,1-2H3. The minimum Gasteiger partial charge on any atom is -0.279 e. The molecule has 0 saturated carbocycles. The maximum Gasteiger partial charge on any atom is 0.270 e. The summed E-state index contributed by atoms with van der Waals surface area (Å²) in [5, 5.41) is 10.8. The van der Waals surface area contributed by atoms with Gasteiger partial charge in [-0.2, -0.15) is 0 Å². The van der Waals surface area contributed by atoms with Crippen LogP contribution in [0.3, 0.4) is 0 Å². The van der Waals surface area contributed by atoms with E-state index in [4.69, 9.17) is 0 Å². The van der Waals surface area contributed by atoms with E-state index in [0.717, 1.165) is 12.1 Å². The smallest absolute Gasteiger partial charge is 0.270 e. The van der Waals surface area contributed by atoms with Gasteiger partial charge >= 0.3 is 0 Å². The highest BCUT2D eigenvalue weighted by atomic mass is 32.2. The molecule has 116 valence electrons. The third kappa shape index (κ3) is 3.22. The number of aryl methyl sites for hydroxylation is 2. The first-order valence-electron chi connectivity index (χ1n) is 6.25. The number of benzene rings is 2. The van der Waals surface area contributed by atoms with Crippen LogP contribution in [0.15, 0.2) is 41.3 Å². The van der Waals surface area contributed by atoms with E-state index in [1.807, 2.05) is 0 Å². The summed E-state index contributed by atoms with van der Waals surface area (Å²) in [6.45, 7) is 3.09. The van der Waals surface area contributed by atoms with E-state index in [9.17, 15) is 22.9 Å². The average Bonchev–Trinajstić information content (AvgIpc) is 2.42. The molecule has 0 amide bonds. The molecule has 0 aromatic heterocycles. The van der Waals surface area contributed by atoms with E-state index in [1.165, 1.54) is 31.2 Å². The van der Waals surface area contributed by atoms with Gasteiger partial charge in [0.25, 0.3) is 15.7 Å². The SMILES string of the molecule is Cc1cc(F)ccc1NS(=O)(=O)c1cc([N+](=O)[O-])ccc1C. The largest absolute Gasteiger partial charge is 0.279 e. The number of nitrogens with one attached hydrogen (secondary N) is 1. The van der Waals surface area contributed by atoms with E-state index in [2.05, 4.69) is 4.72 Å². The molecule has 0 aliphatic carbocycles. The maximum absolute atomic E-state index is 13.1. The Bertz CT molecular complexity index is 850. The van der Waals surface area contributed by atoms with E-state index < -0.39 is 20.8 Å². The van der Waals surface area contributed by atoms with Crippen LogP contribution < -0.4 is 4.72 Å². The van der Waals surface area contributed by atoms with Gasteiger partial charge in [-0.05, 0) is 43.2 Å². The molecule has 0 aliphatic rings. The number of sulfonamides is 1. The zero-order chi connectivity index (χ0) is 16.5. The summed E-state index contributed by atoms with van der Waals surface area (Å²) < 4.78 is 40.2. The second kappa shape index (κ2) is 5.72. The molecule has 0 atom stereocenters. The molecule has 0 radical (unpaired) electrons. The van der Waals surface area contributed by atoms with Crippen molar-refractivity contribution in [3.05, 3.63) is 63.5 Å². The van der Waals surface area contributed by atoms with Crippen molar-refractivity contribution < 1.29 is 17.7 Å². The molecule has 0 bridgehead atoms. The monoisotopic (exact) mass is 324 g/mol. The minimum atomic E-state index is -4.01. The number of rotatable bonds is 4. The highest BCUT2D eigenvalue weighted by Crippen LogP contribution is 2.25. The van der Waals surface area contributed by atoms with Crippen LogP contribution in [-0.4, -0.2) is 13.3 Å². The van der Waals surface area contributed by atoms with Crippen LogP contribution in [0, 0.1) is 29.8 Å². The Morgan fingerprint density at radius 1 is 1.09 bits per heavy atom. The predicted octanol–water partition coefficient (Wildman–Crippen LogP) is 3.15. The lowest BCUT2D eigenvalue weighted by Gasteiger charge is -2.12. The molecule has 2 rings (SSSR count). The molecule has 8 heteroatoms. The van der Waals surface area contributed by atoms with Crippen molar-refractivity contribution >= 4 is 21.4 Å². The molecule has 0 aliphatic heterocycles. The lowest BCUT2D eigenvalue weighted by Crippen LogP contribution is -2.15. The Balaban J connectivity index is 2.46. The Kier molecular flexibility index (Phi) is 4.14. The molecule has 0 spiro atoms. The Hall–Kier alpha value is -2.48. The first-order valence-corrected chi connectivity index (χ1v) is 7.73. The normalized spacial score (nSPS) is 11.2. The summed E-state index contributed by atoms with van der Waals surface area (Å²) >= 11 is 0. The second-order valence-electron chi connectivity index (χ2n) is 4.77. The average molecular weight is 324 g/mol. The van der Waals surface area contributed by atoms with Gasteiger partial charge in [0.2, 0.25) is 0 Å². The third-order valence-electron chi connectivity index (χ3n) is 3.10. The van der Waals surface area contributed by atoms with E-state index in [1.54, 1.807) is 6.92 Å². The van der Waals surface area contributed by atoms with Crippen LogP contribution in [0.5, 0.6) is 0 Å². The Labute approximate surface area is 126 Å². The summed E-state index contributed by atoms with van der Waals surface area (Å²) in [5.41, 5.74) is 0.679. The van der Waals surface area contributed by atoms with Crippen molar-refractivity contribution in [3.8, 4) is 0 Å². The van der Waals surface area contributed by atoms with Gasteiger partial charge in [-0.25, -0.2) is 12.8 Å². The number of hydrogen-bond acceptors (Lipinski definition) is 4. The van der Waals surface area contributed by atoms with Crippen molar-refractivity contribution in [2.45, 2.75) is 18.7 Å². The highest BCUT2D eigenvalue weighted by molar-refractivity contribution is 7.92. The van der Waals surface area contributed by atoms with Crippen LogP contribution in [0.2, 0.25) is 0 Å². The predicted molar refractivity (Wildman–Crippen MR) is 79.8 cm³/mol. The van der Waals surface area contributed by atoms with Gasteiger partial charge in [0.15, 0.2) is 0 Å². The Morgan fingerprint density at radius 2 is 1.77 bits per heavy atom. The molecule has 22 heavy (non-hydrogen) atoms. The van der Waals surface area contributed by atoms with Crippen molar-refractivity contribution in [2.75, 3.05) is 4.72 Å². The summed E-state index contributed by atoms with van der Waals surface area (Å²) in [6, 6.07) is 7.22. The molecule has 0 fully saturated rings. The van der Waals surface area contributed by atoms with Crippen molar-refractivity contribution in [3.63, 3.8) is 0 Å². The molecular weight excluding hydrogens is 311 g/mol. The van der Waals surface area contributed by atoms with Gasteiger partial charge in [-0.15, -0.1) is 0 Å². The third-order valence-corrected chi connectivity index (χ3v) is 4.61. The van der Waals surface area contributed by atoms with Gasteiger partial charge in [-0.3, -0.25) is 14.8 Å². The van der Waals surface area contributed by atoms with E-state index in [-0.39, 0.29) is 16.3 Å². The molecule has 1 N–H and O–H groups in total. The molecular formula is C14H13FN2O4S. The van der Waals surface area contributed by atoms with Gasteiger partial charge in [0, 0.05) is 12.1 Å². The molecule has 0 heterocycles. The van der Waals surface area contributed by atoms with Crippen LogP contribution in [0.25, 0.3) is 0 Å². The zero-order valence-electron chi connectivity index (χ0n) is 11.8. The topological polar surface area (TPSA) is 89.3 Å². The maximum atomic E-state index is 13.1. The molecule has 2 aromatic carbocycles. The Morgan fingerprint density at radius 3 is 2.36 bits per heavy atom. The fourth-order valence-electron chi connectivity index (χ4n) is 1.93. The van der Waals surface area contributed by atoms with Gasteiger partial charge in [0.1, 0.15) is 5.82 Å². The summed E-state index contributed by atoms with van der Waals surface area (Å²) in [4.78, 5) is 9.94. The zero-order valence-corrected chi connectivity index (χ0v) is 12.6. The molecule has 2 aromatic rings. The lowest BCUT2D eigenvalue weighted by molar-refractivity contribution is -0.385. The number of nitrogens with zero attached hydrogens (tertiary/aromatic N) is 1. The van der Waals surface area contributed by atoms with Crippen LogP contribution >= 0.6 is 0 Å². The number of non-ortho nitro benzene ring substituents is 1. The summed E-state index contributed by atoms with van der Waals surface area (Å²) in [6.07, 6.45) is 0. The quantitative estimate of drug-likeness (QED) is 0.691. The number of hydrogen-bond donors (Lipinski definition) is 1. The van der Waals surface area contributed by atoms with Crippen LogP contribution in [0.4, 0.5) is 15.8 Å². The second-order valence-corrected chi connectivity index (χ2v) is 6.42.